The fraction of sp³-hybridized carbons (Fsp3) is 0.186. The van der Waals surface area contributed by atoms with E-state index in [9.17, 15) is 40.7 Å². The van der Waals surface area contributed by atoms with Gasteiger partial charge in [-0.1, -0.05) is 55.5 Å². The minimum Gasteiger partial charge on any atom is -0.489 e. The van der Waals surface area contributed by atoms with Gasteiger partial charge in [0.2, 0.25) is 0 Å². The minimum absolute atomic E-state index is 0.0442. The molecule has 0 spiro atoms. The second-order valence-electron chi connectivity index (χ2n) is 13.3. The third-order valence-electron chi connectivity index (χ3n) is 9.11. The zero-order valence-electron chi connectivity index (χ0n) is 31.2. The first-order valence-corrected chi connectivity index (χ1v) is 18.1. The van der Waals surface area contributed by atoms with E-state index in [-0.39, 0.29) is 35.7 Å². The van der Waals surface area contributed by atoms with Gasteiger partial charge in [0.1, 0.15) is 36.2 Å². The maximum Gasteiger partial charge on any atom is 0.468 e. The quantitative estimate of drug-likeness (QED) is 0.0917. The Morgan fingerprint density at radius 1 is 0.617 bits per heavy atom. The molecule has 0 aliphatic carbocycles. The predicted octanol–water partition coefficient (Wildman–Crippen LogP) is 9.57. The van der Waals surface area contributed by atoms with Crippen molar-refractivity contribution in [1.82, 2.24) is 0 Å². The van der Waals surface area contributed by atoms with E-state index in [1.54, 1.807) is 42.5 Å². The van der Waals surface area contributed by atoms with Crippen molar-refractivity contribution in [2.24, 2.45) is 9.98 Å². The number of carbonyl (C=O) groups is 3. The molecule has 2 heterocycles. The number of cyclic esters (lactones) is 2. The van der Waals surface area contributed by atoms with E-state index < -0.39 is 54.1 Å². The summed E-state index contributed by atoms with van der Waals surface area (Å²) in [6.07, 6.45) is -8.93. The average molecular weight is 832 g/mol. The lowest BCUT2D eigenvalue weighted by atomic mass is 10.0. The summed E-state index contributed by atoms with van der Waals surface area (Å²) in [5, 5.41) is 2.86. The van der Waals surface area contributed by atoms with Crippen LogP contribution in [0, 0.1) is 0 Å². The van der Waals surface area contributed by atoms with Crippen LogP contribution in [0.2, 0.25) is 0 Å². The molecule has 2 aliphatic rings. The Bertz CT molecular complexity index is 2450. The monoisotopic (exact) mass is 831 g/mol. The summed E-state index contributed by atoms with van der Waals surface area (Å²) in [6.45, 7) is 1.88. The van der Waals surface area contributed by atoms with E-state index >= 15 is 0 Å². The van der Waals surface area contributed by atoms with Gasteiger partial charge in [0.15, 0.2) is 12.1 Å². The average Bonchev–Trinajstić information content (AvgIpc) is 3.84. The molecule has 17 heteroatoms. The molecular formula is C43H31F6N3O8. The van der Waals surface area contributed by atoms with Gasteiger partial charge in [-0.15, -0.1) is 0 Å². The molecule has 0 saturated heterocycles. The summed E-state index contributed by atoms with van der Waals surface area (Å²) < 4.78 is 104. The van der Waals surface area contributed by atoms with Crippen molar-refractivity contribution in [1.29, 1.82) is 0 Å². The number of nitrogens with one attached hydrogen (secondary N) is 1. The van der Waals surface area contributed by atoms with Gasteiger partial charge in [0.25, 0.3) is 5.91 Å². The first kappa shape index (κ1) is 41.0. The number of alkyl halides is 6. The summed E-state index contributed by atoms with van der Waals surface area (Å²) in [7, 11) is 0. The number of aryl methyl sites for hydroxylation is 1. The molecule has 0 fully saturated rings. The van der Waals surface area contributed by atoms with E-state index in [4.69, 9.17) is 14.2 Å². The van der Waals surface area contributed by atoms with E-state index in [0.717, 1.165) is 6.42 Å². The van der Waals surface area contributed by atoms with E-state index in [1.807, 2.05) is 24.3 Å². The van der Waals surface area contributed by atoms with Crippen molar-refractivity contribution in [2.75, 3.05) is 5.32 Å². The first-order valence-electron chi connectivity index (χ1n) is 18.1. The Hall–Kier alpha value is -7.17. The number of amides is 1. The molecule has 2 unspecified atom stereocenters. The lowest BCUT2D eigenvalue weighted by molar-refractivity contribution is -0.139. The molecule has 0 bridgehead atoms. The van der Waals surface area contributed by atoms with E-state index in [1.165, 1.54) is 54.1 Å². The van der Waals surface area contributed by atoms with E-state index in [0.29, 0.717) is 34.1 Å². The molecule has 2 aliphatic heterocycles. The summed E-state index contributed by atoms with van der Waals surface area (Å²) in [5.41, 5.74) is 3.15. The molecule has 0 aromatic heterocycles. The van der Waals surface area contributed by atoms with Crippen LogP contribution in [-0.2, 0) is 38.7 Å². The number of carbonyl (C=O) groups excluding carboxylic acids is 3. The van der Waals surface area contributed by atoms with Crippen LogP contribution in [0.25, 0.3) is 0 Å². The van der Waals surface area contributed by atoms with E-state index in [2.05, 4.69) is 31.7 Å². The van der Waals surface area contributed by atoms with Gasteiger partial charge < -0.3 is 29.0 Å². The van der Waals surface area contributed by atoms with Crippen LogP contribution in [-0.4, -0.2) is 42.0 Å². The summed E-state index contributed by atoms with van der Waals surface area (Å²) in [5.74, 6) is -4.27. The molecule has 1 amide bonds. The molecule has 0 radical (unpaired) electrons. The van der Waals surface area contributed by atoms with Crippen molar-refractivity contribution in [3.63, 3.8) is 0 Å². The van der Waals surface area contributed by atoms with Crippen molar-refractivity contribution in [2.45, 2.75) is 51.0 Å². The number of benzene rings is 5. The first-order chi connectivity index (χ1) is 28.6. The van der Waals surface area contributed by atoms with Gasteiger partial charge in [0.05, 0.1) is 0 Å². The van der Waals surface area contributed by atoms with Crippen LogP contribution < -0.4 is 19.5 Å². The van der Waals surface area contributed by atoms with Gasteiger partial charge in [-0.25, -0.2) is 19.6 Å². The number of anilines is 1. The van der Waals surface area contributed by atoms with Crippen molar-refractivity contribution < 1.29 is 64.4 Å². The second kappa shape index (κ2) is 17.0. The zero-order valence-corrected chi connectivity index (χ0v) is 31.2. The lowest BCUT2D eigenvalue weighted by Crippen LogP contribution is -2.23. The second-order valence-corrected chi connectivity index (χ2v) is 13.3. The van der Waals surface area contributed by atoms with Gasteiger partial charge in [-0.2, -0.15) is 26.3 Å². The number of rotatable bonds is 13. The predicted molar refractivity (Wildman–Crippen MR) is 203 cm³/mol. The molecule has 60 heavy (non-hydrogen) atoms. The molecule has 5 aromatic rings. The van der Waals surface area contributed by atoms with Crippen molar-refractivity contribution in [3.8, 4) is 23.0 Å². The molecule has 308 valence electrons. The highest BCUT2D eigenvalue weighted by Crippen LogP contribution is 2.34. The van der Waals surface area contributed by atoms with Crippen molar-refractivity contribution in [3.05, 3.63) is 149 Å². The Kier molecular flexibility index (Phi) is 11.6. The number of ether oxygens (including phenoxy) is 5. The smallest absolute Gasteiger partial charge is 0.468 e. The lowest BCUT2D eigenvalue weighted by Gasteiger charge is -2.15. The number of nitrogens with zero attached hydrogens (tertiary/aromatic N) is 2. The van der Waals surface area contributed by atoms with Gasteiger partial charge in [-0.3, -0.25) is 4.79 Å². The topological polar surface area (TPSA) is 134 Å². The Balaban J connectivity index is 1.05. The maximum absolute atomic E-state index is 13.8. The SMILES string of the molecule is CCc1ccc(Oc2ccc(NC(=O)c3cc(COc4ccc(C5N=C(C(F)(F)F)OC5=O)cc4)ccc3COc3ccc(C4N=C(C(F)(F)F)OC4=O)cc3)cc2)cc1. The van der Waals surface area contributed by atoms with Gasteiger partial charge in [0, 0.05) is 16.8 Å². The molecule has 11 nitrogen and oxygen atoms in total. The molecule has 2 atom stereocenters. The molecule has 5 aromatic carbocycles. The maximum atomic E-state index is 13.8. The third-order valence-corrected chi connectivity index (χ3v) is 9.11. The molecular weight excluding hydrogens is 800 g/mol. The number of aliphatic imine (C=N–C) groups is 2. The molecule has 7 rings (SSSR count). The Morgan fingerprint density at radius 2 is 1.07 bits per heavy atom. The van der Waals surface area contributed by atoms with Gasteiger partial charge in [-0.05, 0) is 95.4 Å². The van der Waals surface area contributed by atoms with Crippen LogP contribution in [0.15, 0.2) is 125 Å². The van der Waals surface area contributed by atoms with Gasteiger partial charge >= 0.3 is 36.1 Å². The molecule has 0 saturated carbocycles. The normalized spacial score (nSPS) is 16.4. The highest BCUT2D eigenvalue weighted by molar-refractivity contribution is 6.05. The number of hydrogen-bond donors (Lipinski definition) is 1. The Labute approximate surface area is 337 Å². The Morgan fingerprint density at radius 3 is 1.53 bits per heavy atom. The fourth-order valence-electron chi connectivity index (χ4n) is 5.98. The standard InChI is InChI=1S/C43H31F6N3O8/c1-2-24-4-13-32(14-5-24)58-33-19-11-29(12-20-33)50-37(53)34-21-25(22-56-30-15-7-26(8-16-30)35-38(54)59-40(51-35)42(44,45)46)3-6-28(34)23-57-31-17-9-27(10-18-31)36-39(55)60-41(52-36)43(47,48)49/h3-21,35-36H,2,22-23H2,1H3,(H,50,53). The number of esters is 2. The summed E-state index contributed by atoms with van der Waals surface area (Å²) in [4.78, 5) is 44.6. The molecule has 1 N–H and O–H groups in total. The van der Waals surface area contributed by atoms with Crippen LogP contribution in [0.5, 0.6) is 23.0 Å². The highest BCUT2D eigenvalue weighted by atomic mass is 19.4. The fourth-order valence-corrected chi connectivity index (χ4v) is 5.98. The van der Waals surface area contributed by atoms with Crippen LogP contribution in [0.3, 0.4) is 0 Å². The number of halogens is 6. The van der Waals surface area contributed by atoms with Crippen LogP contribution in [0.1, 0.15) is 57.2 Å². The largest absolute Gasteiger partial charge is 0.489 e. The van der Waals surface area contributed by atoms with Crippen LogP contribution in [0.4, 0.5) is 32.0 Å². The third kappa shape index (κ3) is 9.74. The highest BCUT2D eigenvalue weighted by Gasteiger charge is 2.47. The minimum atomic E-state index is -4.91. The zero-order chi connectivity index (χ0) is 42.6. The number of hydrogen-bond acceptors (Lipinski definition) is 10. The van der Waals surface area contributed by atoms with Crippen molar-refractivity contribution >= 4 is 35.3 Å². The summed E-state index contributed by atoms with van der Waals surface area (Å²) in [6, 6.07) is 27.7. The van der Waals surface area contributed by atoms with Crippen LogP contribution >= 0.6 is 0 Å². The summed E-state index contributed by atoms with van der Waals surface area (Å²) >= 11 is 0.